The molecule has 4 N–H and O–H groups in total. The lowest BCUT2D eigenvalue weighted by Crippen LogP contribution is -2.47. The van der Waals surface area contributed by atoms with Crippen LogP contribution in [0.1, 0.15) is 41.1 Å². The Morgan fingerprint density at radius 1 is 1.19 bits per heavy atom. The number of carbonyl (C=O) groups is 2. The van der Waals surface area contributed by atoms with Crippen molar-refractivity contribution >= 4 is 29.3 Å². The highest BCUT2D eigenvalue weighted by Crippen LogP contribution is 2.42. The molecule has 164 valence electrons. The van der Waals surface area contributed by atoms with Crippen molar-refractivity contribution in [3.05, 3.63) is 41.6 Å². The highest BCUT2D eigenvalue weighted by molar-refractivity contribution is 5.95. The van der Waals surface area contributed by atoms with Crippen molar-refractivity contribution in [3.8, 4) is 0 Å². The first-order valence-electron chi connectivity index (χ1n) is 10.7. The van der Waals surface area contributed by atoms with Gasteiger partial charge in [-0.25, -0.2) is 4.98 Å². The molecule has 9 nitrogen and oxygen atoms in total. The molecule has 9 heteroatoms. The summed E-state index contributed by atoms with van der Waals surface area (Å²) in [6.45, 7) is 3.67. The van der Waals surface area contributed by atoms with Crippen LogP contribution < -0.4 is 16.4 Å². The van der Waals surface area contributed by atoms with Crippen LogP contribution in [0.2, 0.25) is 0 Å². The van der Waals surface area contributed by atoms with E-state index in [0.29, 0.717) is 24.0 Å². The van der Waals surface area contributed by atoms with Gasteiger partial charge in [-0.1, -0.05) is 6.07 Å². The standard InChI is InChI=1S/C22H29N7O2/c1-28-9-11-29(12-10-28)21(31)16-3-2-4-17(13-16)26-22-25-14-18(15-5-6-15)20(27-22)24-8-7-19(23)30/h2-4,13-15H,5-12H2,1H3,(H2,23,30)(H2,24,25,26,27). The molecular weight excluding hydrogens is 394 g/mol. The fourth-order valence-corrected chi connectivity index (χ4v) is 3.64. The van der Waals surface area contributed by atoms with E-state index in [1.807, 2.05) is 35.4 Å². The second-order valence-corrected chi connectivity index (χ2v) is 8.22. The van der Waals surface area contributed by atoms with E-state index in [1.165, 1.54) is 0 Å². The predicted molar refractivity (Wildman–Crippen MR) is 119 cm³/mol. The van der Waals surface area contributed by atoms with Crippen molar-refractivity contribution in [3.63, 3.8) is 0 Å². The van der Waals surface area contributed by atoms with E-state index in [-0.39, 0.29) is 18.2 Å². The molecule has 1 saturated carbocycles. The Morgan fingerprint density at radius 2 is 1.97 bits per heavy atom. The van der Waals surface area contributed by atoms with Gasteiger partial charge in [-0.2, -0.15) is 4.98 Å². The van der Waals surface area contributed by atoms with Gasteiger partial charge in [-0.05, 0) is 44.0 Å². The third-order valence-corrected chi connectivity index (χ3v) is 5.65. The van der Waals surface area contributed by atoms with E-state index in [2.05, 4.69) is 32.5 Å². The fourth-order valence-electron chi connectivity index (χ4n) is 3.64. The fraction of sp³-hybridized carbons (Fsp3) is 0.455. The Labute approximate surface area is 182 Å². The number of aromatic nitrogens is 2. The molecule has 2 heterocycles. The molecule has 1 saturated heterocycles. The average Bonchev–Trinajstić information content (AvgIpc) is 3.59. The van der Waals surface area contributed by atoms with Crippen LogP contribution >= 0.6 is 0 Å². The number of nitrogens with zero attached hydrogens (tertiary/aromatic N) is 4. The monoisotopic (exact) mass is 423 g/mol. The van der Waals surface area contributed by atoms with Crippen molar-refractivity contribution in [1.82, 2.24) is 19.8 Å². The summed E-state index contributed by atoms with van der Waals surface area (Å²) in [5.41, 5.74) is 7.70. The Kier molecular flexibility index (Phi) is 6.31. The van der Waals surface area contributed by atoms with Gasteiger partial charge < -0.3 is 26.2 Å². The number of primary amides is 1. The molecule has 0 radical (unpaired) electrons. The van der Waals surface area contributed by atoms with Crippen molar-refractivity contribution < 1.29 is 9.59 Å². The summed E-state index contributed by atoms with van der Waals surface area (Å²) in [4.78, 5) is 37.1. The van der Waals surface area contributed by atoms with Gasteiger partial charge in [0.15, 0.2) is 0 Å². The molecule has 1 aliphatic carbocycles. The van der Waals surface area contributed by atoms with E-state index < -0.39 is 0 Å². The average molecular weight is 424 g/mol. The number of hydrogen-bond acceptors (Lipinski definition) is 7. The maximum absolute atomic E-state index is 12.9. The van der Waals surface area contributed by atoms with E-state index in [9.17, 15) is 9.59 Å². The van der Waals surface area contributed by atoms with Crippen molar-refractivity contribution in [2.75, 3.05) is 50.4 Å². The van der Waals surface area contributed by atoms with Crippen LogP contribution in [-0.4, -0.2) is 71.4 Å². The molecular formula is C22H29N7O2. The molecule has 2 aliphatic rings. The van der Waals surface area contributed by atoms with Gasteiger partial charge in [-0.15, -0.1) is 0 Å². The van der Waals surface area contributed by atoms with Crippen LogP contribution in [0, 0.1) is 0 Å². The van der Waals surface area contributed by atoms with Crippen molar-refractivity contribution in [2.24, 2.45) is 5.73 Å². The first-order chi connectivity index (χ1) is 15.0. The number of anilines is 3. The van der Waals surface area contributed by atoms with E-state index in [1.54, 1.807) is 0 Å². The minimum atomic E-state index is -0.352. The quantitative estimate of drug-likeness (QED) is 0.592. The minimum absolute atomic E-state index is 0.0376. The van der Waals surface area contributed by atoms with Crippen LogP contribution in [0.5, 0.6) is 0 Å². The van der Waals surface area contributed by atoms with Crippen LogP contribution in [0.15, 0.2) is 30.5 Å². The molecule has 1 aliphatic heterocycles. The molecule has 2 fully saturated rings. The molecule has 2 amide bonds. The zero-order valence-electron chi connectivity index (χ0n) is 17.8. The number of piperazine rings is 1. The van der Waals surface area contributed by atoms with Gasteiger partial charge in [0.2, 0.25) is 11.9 Å². The summed E-state index contributed by atoms with van der Waals surface area (Å²) in [7, 11) is 2.07. The van der Waals surface area contributed by atoms with Gasteiger partial charge >= 0.3 is 0 Å². The number of carbonyl (C=O) groups excluding carboxylic acids is 2. The Morgan fingerprint density at radius 3 is 2.68 bits per heavy atom. The smallest absolute Gasteiger partial charge is 0.254 e. The second kappa shape index (κ2) is 9.30. The lowest BCUT2D eigenvalue weighted by molar-refractivity contribution is -0.117. The number of nitrogens with two attached hydrogens (primary N) is 1. The van der Waals surface area contributed by atoms with Crippen molar-refractivity contribution in [1.29, 1.82) is 0 Å². The highest BCUT2D eigenvalue weighted by Gasteiger charge is 2.27. The van der Waals surface area contributed by atoms with Gasteiger partial charge in [0, 0.05) is 62.2 Å². The largest absolute Gasteiger partial charge is 0.370 e. The first-order valence-corrected chi connectivity index (χ1v) is 10.7. The van der Waals surface area contributed by atoms with Gasteiger partial charge in [0.25, 0.3) is 5.91 Å². The topological polar surface area (TPSA) is 116 Å². The molecule has 0 atom stereocenters. The molecule has 0 spiro atoms. The van der Waals surface area contributed by atoms with Gasteiger partial charge in [0.1, 0.15) is 5.82 Å². The second-order valence-electron chi connectivity index (χ2n) is 8.22. The summed E-state index contributed by atoms with van der Waals surface area (Å²) >= 11 is 0. The zero-order valence-corrected chi connectivity index (χ0v) is 17.8. The molecule has 1 aromatic heterocycles. The molecule has 31 heavy (non-hydrogen) atoms. The summed E-state index contributed by atoms with van der Waals surface area (Å²) in [5.74, 6) is 1.32. The summed E-state index contributed by atoms with van der Waals surface area (Å²) in [6.07, 6.45) is 4.32. The number of amides is 2. The summed E-state index contributed by atoms with van der Waals surface area (Å²) in [5, 5.41) is 6.41. The summed E-state index contributed by atoms with van der Waals surface area (Å²) < 4.78 is 0. The first kappa shape index (κ1) is 21.0. The molecule has 0 unspecified atom stereocenters. The van der Waals surface area contributed by atoms with Gasteiger partial charge in [0.05, 0.1) is 0 Å². The zero-order chi connectivity index (χ0) is 21.8. The highest BCUT2D eigenvalue weighted by atomic mass is 16.2. The van der Waals surface area contributed by atoms with Gasteiger partial charge in [-0.3, -0.25) is 9.59 Å². The normalized spacial score (nSPS) is 16.7. The van der Waals surface area contributed by atoms with E-state index >= 15 is 0 Å². The van der Waals surface area contributed by atoms with Crippen LogP contribution in [0.4, 0.5) is 17.5 Å². The maximum atomic E-state index is 12.9. The third-order valence-electron chi connectivity index (χ3n) is 5.65. The van der Waals surface area contributed by atoms with Crippen molar-refractivity contribution in [2.45, 2.75) is 25.2 Å². The molecule has 4 rings (SSSR count). The molecule has 2 aromatic rings. The number of hydrogen-bond donors (Lipinski definition) is 3. The van der Waals surface area contributed by atoms with Crippen LogP contribution in [-0.2, 0) is 4.79 Å². The Bertz CT molecular complexity index is 953. The number of nitrogens with one attached hydrogen (secondary N) is 2. The number of benzene rings is 1. The lowest BCUT2D eigenvalue weighted by Gasteiger charge is -2.32. The molecule has 1 aromatic carbocycles. The van der Waals surface area contributed by atoms with Crippen LogP contribution in [0.3, 0.4) is 0 Å². The van der Waals surface area contributed by atoms with E-state index in [0.717, 1.165) is 56.1 Å². The minimum Gasteiger partial charge on any atom is -0.370 e. The predicted octanol–water partition coefficient (Wildman–Crippen LogP) is 1.77. The maximum Gasteiger partial charge on any atom is 0.254 e. The SMILES string of the molecule is CN1CCN(C(=O)c2cccc(Nc3ncc(C4CC4)c(NCCC(N)=O)n3)c2)CC1. The Hall–Kier alpha value is -3.20. The Balaban J connectivity index is 1.46. The lowest BCUT2D eigenvalue weighted by atomic mass is 10.1. The van der Waals surface area contributed by atoms with E-state index in [4.69, 9.17) is 5.73 Å². The third kappa shape index (κ3) is 5.49. The van der Waals surface area contributed by atoms with Crippen LogP contribution in [0.25, 0.3) is 0 Å². The molecule has 0 bridgehead atoms. The number of likely N-dealkylation sites (N-methyl/N-ethyl adjacent to an activating group) is 1. The summed E-state index contributed by atoms with van der Waals surface area (Å²) in [6, 6.07) is 7.41. The number of rotatable bonds is 8.